The van der Waals surface area contributed by atoms with Crippen molar-refractivity contribution in [1.29, 1.82) is 0 Å². The lowest BCUT2D eigenvalue weighted by atomic mass is 10.1. The molecular formula is C12H19N3O3. The highest BCUT2D eigenvalue weighted by Gasteiger charge is 2.23. The van der Waals surface area contributed by atoms with Crippen LogP contribution in [0, 0.1) is 6.92 Å². The Hall–Kier alpha value is -1.85. The van der Waals surface area contributed by atoms with Gasteiger partial charge in [0.15, 0.2) is 0 Å². The van der Waals surface area contributed by atoms with Gasteiger partial charge >= 0.3 is 5.97 Å². The molecule has 0 spiro atoms. The number of hydrogen-bond donors (Lipinski definition) is 2. The molecule has 0 unspecified atom stereocenters. The lowest BCUT2D eigenvalue weighted by Gasteiger charge is -2.21. The fourth-order valence-corrected chi connectivity index (χ4v) is 1.64. The highest BCUT2D eigenvalue weighted by molar-refractivity contribution is 5.97. The molecule has 0 aromatic carbocycles. The first-order valence-corrected chi connectivity index (χ1v) is 5.73. The van der Waals surface area contributed by atoms with Gasteiger partial charge in [-0.05, 0) is 34.6 Å². The van der Waals surface area contributed by atoms with Gasteiger partial charge in [0.2, 0.25) is 0 Å². The number of carbonyl (C=O) groups excluding carboxylic acids is 1. The van der Waals surface area contributed by atoms with Gasteiger partial charge in [0, 0.05) is 5.69 Å². The van der Waals surface area contributed by atoms with Gasteiger partial charge in [-0.1, -0.05) is 0 Å². The van der Waals surface area contributed by atoms with Crippen molar-refractivity contribution >= 4 is 11.9 Å². The summed E-state index contributed by atoms with van der Waals surface area (Å²) >= 11 is 0. The first-order valence-electron chi connectivity index (χ1n) is 5.73. The van der Waals surface area contributed by atoms with Crippen molar-refractivity contribution in [3.63, 3.8) is 0 Å². The van der Waals surface area contributed by atoms with Crippen LogP contribution in [0.15, 0.2) is 6.20 Å². The predicted molar refractivity (Wildman–Crippen MR) is 66.5 cm³/mol. The Bertz CT molecular complexity index is 471. The number of hydrogen-bond acceptors (Lipinski definition) is 3. The fraction of sp³-hybridized carbons (Fsp3) is 0.583. The number of aliphatic carboxylic acids is 1. The van der Waals surface area contributed by atoms with Gasteiger partial charge in [0.05, 0.1) is 17.3 Å². The topological polar surface area (TPSA) is 84.2 Å². The monoisotopic (exact) mass is 253 g/mol. The Balaban J connectivity index is 2.95. The summed E-state index contributed by atoms with van der Waals surface area (Å²) in [6.45, 7) is 9.15. The molecule has 1 heterocycles. The minimum atomic E-state index is -1.07. The first kappa shape index (κ1) is 14.2. The van der Waals surface area contributed by atoms with Crippen LogP contribution in [0.5, 0.6) is 0 Å². The third kappa shape index (κ3) is 2.88. The number of aromatic nitrogens is 2. The number of carbonyl (C=O) groups is 2. The van der Waals surface area contributed by atoms with E-state index < -0.39 is 17.9 Å². The van der Waals surface area contributed by atoms with E-state index in [0.717, 1.165) is 5.69 Å². The van der Waals surface area contributed by atoms with E-state index >= 15 is 0 Å². The zero-order valence-corrected chi connectivity index (χ0v) is 11.3. The third-order valence-electron chi connectivity index (χ3n) is 2.61. The van der Waals surface area contributed by atoms with Crippen molar-refractivity contribution in [3.05, 3.63) is 17.5 Å². The van der Waals surface area contributed by atoms with Gasteiger partial charge < -0.3 is 10.4 Å². The highest BCUT2D eigenvalue weighted by atomic mass is 16.4. The maximum atomic E-state index is 11.9. The number of amides is 1. The zero-order chi connectivity index (χ0) is 14.1. The largest absolute Gasteiger partial charge is 0.480 e. The number of carboxylic acid groups (broad SMARTS) is 1. The Morgan fingerprint density at radius 1 is 1.44 bits per heavy atom. The second kappa shape index (κ2) is 4.80. The van der Waals surface area contributed by atoms with E-state index in [1.807, 2.05) is 20.8 Å². The van der Waals surface area contributed by atoms with E-state index in [0.29, 0.717) is 5.56 Å². The molecule has 0 saturated heterocycles. The quantitative estimate of drug-likeness (QED) is 0.846. The molecule has 1 aromatic rings. The summed E-state index contributed by atoms with van der Waals surface area (Å²) in [7, 11) is 0. The van der Waals surface area contributed by atoms with Crippen molar-refractivity contribution in [1.82, 2.24) is 15.1 Å². The van der Waals surface area contributed by atoms with Crippen LogP contribution in [0.2, 0.25) is 0 Å². The lowest BCUT2D eigenvalue weighted by molar-refractivity contribution is -0.138. The van der Waals surface area contributed by atoms with Crippen LogP contribution >= 0.6 is 0 Å². The van der Waals surface area contributed by atoms with Gasteiger partial charge in [-0.15, -0.1) is 0 Å². The van der Waals surface area contributed by atoms with Gasteiger partial charge in [-0.3, -0.25) is 14.3 Å². The van der Waals surface area contributed by atoms with Crippen molar-refractivity contribution in [3.8, 4) is 0 Å². The van der Waals surface area contributed by atoms with E-state index in [1.165, 1.54) is 13.1 Å². The van der Waals surface area contributed by atoms with E-state index in [1.54, 1.807) is 11.6 Å². The molecule has 1 amide bonds. The zero-order valence-electron chi connectivity index (χ0n) is 11.3. The van der Waals surface area contributed by atoms with Crippen molar-refractivity contribution < 1.29 is 14.7 Å². The van der Waals surface area contributed by atoms with Gasteiger partial charge in [-0.25, -0.2) is 0 Å². The van der Waals surface area contributed by atoms with Crippen LogP contribution in [0.3, 0.4) is 0 Å². The Kier molecular flexibility index (Phi) is 3.79. The molecule has 0 aliphatic carbocycles. The summed E-state index contributed by atoms with van der Waals surface area (Å²) < 4.78 is 1.74. The summed E-state index contributed by atoms with van der Waals surface area (Å²) in [5.74, 6) is -1.48. The molecule has 0 saturated carbocycles. The normalized spacial score (nSPS) is 13.2. The average molecular weight is 253 g/mol. The molecule has 2 N–H and O–H groups in total. The predicted octanol–water partition coefficient (Wildman–Crippen LogP) is 1.15. The second-order valence-electron chi connectivity index (χ2n) is 5.26. The van der Waals surface area contributed by atoms with E-state index in [-0.39, 0.29) is 5.54 Å². The molecule has 6 heteroatoms. The number of rotatable bonds is 3. The number of carboxylic acids is 1. The van der Waals surface area contributed by atoms with Crippen molar-refractivity contribution in [2.24, 2.45) is 0 Å². The van der Waals surface area contributed by atoms with Crippen LogP contribution in [0.25, 0.3) is 0 Å². The Morgan fingerprint density at radius 3 is 2.39 bits per heavy atom. The summed E-state index contributed by atoms with van der Waals surface area (Å²) in [5.41, 5.74) is 0.900. The van der Waals surface area contributed by atoms with Gasteiger partial charge in [0.1, 0.15) is 6.04 Å². The van der Waals surface area contributed by atoms with Gasteiger partial charge in [0.25, 0.3) is 5.91 Å². The van der Waals surface area contributed by atoms with Crippen LogP contribution in [-0.4, -0.2) is 32.8 Å². The third-order valence-corrected chi connectivity index (χ3v) is 2.61. The van der Waals surface area contributed by atoms with E-state index in [4.69, 9.17) is 5.11 Å². The van der Waals surface area contributed by atoms with Crippen molar-refractivity contribution in [2.75, 3.05) is 0 Å². The SMILES string of the molecule is Cc1c(C(=O)N[C@H](C)C(=O)O)cnn1C(C)(C)C. The molecule has 0 bridgehead atoms. The molecule has 0 radical (unpaired) electrons. The molecule has 1 aromatic heterocycles. The van der Waals surface area contributed by atoms with E-state index in [2.05, 4.69) is 10.4 Å². The number of nitrogens with zero attached hydrogens (tertiary/aromatic N) is 2. The summed E-state index contributed by atoms with van der Waals surface area (Å²) in [5, 5.41) is 15.3. The minimum absolute atomic E-state index is 0.221. The van der Waals surface area contributed by atoms with Crippen LogP contribution in [-0.2, 0) is 10.3 Å². The molecule has 1 rings (SSSR count). The Morgan fingerprint density at radius 2 is 2.00 bits per heavy atom. The standard InChI is InChI=1S/C12H19N3O3/c1-7(11(17)18)14-10(16)9-6-13-15(8(9)2)12(3,4)5/h6-7H,1-5H3,(H,14,16)(H,17,18)/t7-/m1/s1. The summed E-state index contributed by atoms with van der Waals surface area (Å²) in [6, 6.07) is -0.921. The smallest absolute Gasteiger partial charge is 0.325 e. The molecule has 1 atom stereocenters. The second-order valence-corrected chi connectivity index (χ2v) is 5.26. The Labute approximate surface area is 106 Å². The fourth-order valence-electron chi connectivity index (χ4n) is 1.64. The number of nitrogens with one attached hydrogen (secondary N) is 1. The summed E-state index contributed by atoms with van der Waals surface area (Å²) in [4.78, 5) is 22.6. The maximum Gasteiger partial charge on any atom is 0.325 e. The minimum Gasteiger partial charge on any atom is -0.480 e. The molecule has 100 valence electrons. The van der Waals surface area contributed by atoms with Crippen LogP contribution in [0.4, 0.5) is 0 Å². The molecular weight excluding hydrogens is 234 g/mol. The summed E-state index contributed by atoms with van der Waals surface area (Å²) in [6.07, 6.45) is 1.46. The molecule has 18 heavy (non-hydrogen) atoms. The molecule has 6 nitrogen and oxygen atoms in total. The lowest BCUT2D eigenvalue weighted by Crippen LogP contribution is -2.38. The van der Waals surface area contributed by atoms with Crippen LogP contribution in [0.1, 0.15) is 43.7 Å². The first-order chi connectivity index (χ1) is 8.14. The van der Waals surface area contributed by atoms with Crippen molar-refractivity contribution in [2.45, 2.75) is 46.2 Å². The van der Waals surface area contributed by atoms with Gasteiger partial charge in [-0.2, -0.15) is 5.10 Å². The molecule has 0 aliphatic rings. The molecule has 0 aliphatic heterocycles. The molecule has 0 fully saturated rings. The maximum absolute atomic E-state index is 11.9. The van der Waals surface area contributed by atoms with E-state index in [9.17, 15) is 9.59 Å². The average Bonchev–Trinajstić information content (AvgIpc) is 2.59. The highest BCUT2D eigenvalue weighted by Crippen LogP contribution is 2.18. The van der Waals surface area contributed by atoms with Crippen LogP contribution < -0.4 is 5.32 Å².